The molecule has 5 heterocycles. The van der Waals surface area contributed by atoms with Crippen LogP contribution in [0.5, 0.6) is 0 Å². The highest BCUT2D eigenvalue weighted by Crippen LogP contribution is 2.27. The monoisotopic (exact) mass is 464 g/mol. The van der Waals surface area contributed by atoms with Crippen LogP contribution in [0.25, 0.3) is 16.5 Å². The van der Waals surface area contributed by atoms with E-state index in [-0.39, 0.29) is 11.8 Å². The van der Waals surface area contributed by atoms with E-state index in [0.29, 0.717) is 17.6 Å². The van der Waals surface area contributed by atoms with Crippen LogP contribution in [0.4, 0.5) is 0 Å². The van der Waals surface area contributed by atoms with Crippen LogP contribution in [0, 0.1) is 0 Å². The lowest BCUT2D eigenvalue weighted by molar-refractivity contribution is 0.0588. The number of nitrogens with zero attached hydrogens (tertiary/aromatic N) is 6. The third-order valence-electron chi connectivity index (χ3n) is 6.85. The van der Waals surface area contributed by atoms with Gasteiger partial charge in [0.25, 0.3) is 11.9 Å². The third-order valence-corrected chi connectivity index (χ3v) is 7.74. The molecule has 7 nitrogen and oxygen atoms in total. The first kappa shape index (κ1) is 22.2. The molecule has 0 N–H and O–H groups in total. The molecule has 0 bridgehead atoms. The summed E-state index contributed by atoms with van der Waals surface area (Å²) in [6, 6.07) is 6.59. The number of hydrogen-bond donors (Lipinski definition) is 0. The molecule has 2 aliphatic heterocycles. The minimum atomic E-state index is 0.0801. The van der Waals surface area contributed by atoms with E-state index < -0.39 is 0 Å². The van der Waals surface area contributed by atoms with Crippen molar-refractivity contribution in [3.05, 3.63) is 47.2 Å². The van der Waals surface area contributed by atoms with Gasteiger partial charge >= 0.3 is 0 Å². The Bertz CT molecular complexity index is 1080. The zero-order chi connectivity index (χ0) is 22.8. The van der Waals surface area contributed by atoms with Gasteiger partial charge in [-0.25, -0.2) is 14.6 Å². The van der Waals surface area contributed by atoms with Crippen molar-refractivity contribution in [2.75, 3.05) is 26.2 Å². The van der Waals surface area contributed by atoms with Crippen LogP contribution in [0.2, 0.25) is 0 Å². The molecule has 0 saturated carbocycles. The third kappa shape index (κ3) is 4.59. The minimum absolute atomic E-state index is 0.0801. The van der Waals surface area contributed by atoms with E-state index in [1.165, 1.54) is 32.4 Å². The average molecular weight is 465 g/mol. The Morgan fingerprint density at radius 2 is 1.88 bits per heavy atom. The molecule has 2 saturated heterocycles. The van der Waals surface area contributed by atoms with Crippen molar-refractivity contribution in [3.63, 3.8) is 0 Å². The second-order valence-electron chi connectivity index (χ2n) is 9.35. The largest absolute Gasteiger partial charge is 0.338 e. The lowest BCUT2D eigenvalue weighted by Gasteiger charge is -2.40. The second kappa shape index (κ2) is 9.73. The summed E-state index contributed by atoms with van der Waals surface area (Å²) in [5, 5.41) is 6.61. The van der Waals surface area contributed by atoms with Gasteiger partial charge in [0.2, 0.25) is 0 Å². The van der Waals surface area contributed by atoms with E-state index in [1.807, 2.05) is 28.5 Å². The van der Waals surface area contributed by atoms with Gasteiger partial charge in [0.15, 0.2) is 0 Å². The molecule has 0 atom stereocenters. The van der Waals surface area contributed by atoms with Crippen LogP contribution in [-0.2, 0) is 0 Å². The molecule has 0 aliphatic carbocycles. The maximum absolute atomic E-state index is 13.5. The SMILES string of the molecule is CC(C)c1c(C(=O)N2CCC(N3CCCCC3)CC2)cnn1-c1nccc(-c2cccs2)n1. The zero-order valence-corrected chi connectivity index (χ0v) is 20.3. The van der Waals surface area contributed by atoms with Gasteiger partial charge in [-0.05, 0) is 62.2 Å². The summed E-state index contributed by atoms with van der Waals surface area (Å²) in [4.78, 5) is 28.5. The lowest BCUT2D eigenvalue weighted by atomic mass is 9.98. The average Bonchev–Trinajstić information content (AvgIpc) is 3.55. The van der Waals surface area contributed by atoms with Crippen molar-refractivity contribution < 1.29 is 4.79 Å². The summed E-state index contributed by atoms with van der Waals surface area (Å²) in [5.41, 5.74) is 2.42. The van der Waals surface area contributed by atoms with Gasteiger partial charge in [0.1, 0.15) is 0 Å². The molecule has 0 unspecified atom stereocenters. The van der Waals surface area contributed by atoms with E-state index in [2.05, 4.69) is 28.8 Å². The van der Waals surface area contributed by atoms with Crippen LogP contribution in [0.3, 0.4) is 0 Å². The van der Waals surface area contributed by atoms with E-state index in [4.69, 9.17) is 4.98 Å². The summed E-state index contributed by atoms with van der Waals surface area (Å²) < 4.78 is 1.75. The molecule has 0 radical (unpaired) electrons. The lowest BCUT2D eigenvalue weighted by Crippen LogP contribution is -2.48. The summed E-state index contributed by atoms with van der Waals surface area (Å²) in [7, 11) is 0. The first-order valence-electron chi connectivity index (χ1n) is 12.1. The smallest absolute Gasteiger partial charge is 0.257 e. The Morgan fingerprint density at radius 3 is 2.58 bits per heavy atom. The number of thiophene rings is 1. The van der Waals surface area contributed by atoms with Gasteiger partial charge in [-0.3, -0.25) is 4.79 Å². The number of likely N-dealkylation sites (tertiary alicyclic amines) is 2. The first-order chi connectivity index (χ1) is 16.1. The van der Waals surface area contributed by atoms with Crippen molar-refractivity contribution in [1.29, 1.82) is 0 Å². The van der Waals surface area contributed by atoms with E-state index in [9.17, 15) is 4.79 Å². The Balaban J connectivity index is 1.36. The molecule has 33 heavy (non-hydrogen) atoms. The van der Waals surface area contributed by atoms with Crippen molar-refractivity contribution in [3.8, 4) is 16.5 Å². The topological polar surface area (TPSA) is 67.2 Å². The Hall–Kier alpha value is -2.58. The van der Waals surface area contributed by atoms with Gasteiger partial charge in [-0.2, -0.15) is 5.10 Å². The van der Waals surface area contributed by atoms with E-state index >= 15 is 0 Å². The van der Waals surface area contributed by atoms with Crippen molar-refractivity contribution in [2.45, 2.75) is 57.9 Å². The fourth-order valence-corrected chi connectivity index (χ4v) is 5.83. The quantitative estimate of drug-likeness (QED) is 0.552. The number of carbonyl (C=O) groups is 1. The Kier molecular flexibility index (Phi) is 6.55. The summed E-state index contributed by atoms with van der Waals surface area (Å²) >= 11 is 1.65. The molecule has 174 valence electrons. The standard InChI is InChI=1S/C25H32N6OS/c1-18(2)23-20(24(32)30-14-9-19(10-15-30)29-12-4-3-5-13-29)17-27-31(23)25-26-11-8-21(28-25)22-7-6-16-33-22/h6-8,11,16-19H,3-5,9-10,12-15H2,1-2H3. The molecule has 8 heteroatoms. The van der Waals surface area contributed by atoms with E-state index in [0.717, 1.165) is 42.2 Å². The second-order valence-corrected chi connectivity index (χ2v) is 10.3. The molecule has 2 fully saturated rings. The summed E-state index contributed by atoms with van der Waals surface area (Å²) in [5.74, 6) is 0.704. The number of amides is 1. The van der Waals surface area contributed by atoms with Crippen molar-refractivity contribution in [2.24, 2.45) is 0 Å². The van der Waals surface area contributed by atoms with Gasteiger partial charge in [0.05, 0.1) is 28.0 Å². The van der Waals surface area contributed by atoms with Gasteiger partial charge in [-0.15, -0.1) is 11.3 Å². The summed E-state index contributed by atoms with van der Waals surface area (Å²) in [6.07, 6.45) is 9.56. The fourth-order valence-electron chi connectivity index (χ4n) is 5.14. The molecule has 0 spiro atoms. The van der Waals surface area contributed by atoms with Crippen LogP contribution in [-0.4, -0.2) is 67.7 Å². The first-order valence-corrected chi connectivity index (χ1v) is 13.0. The molecule has 1 amide bonds. The molecule has 2 aliphatic rings. The van der Waals surface area contributed by atoms with Gasteiger partial charge in [0, 0.05) is 25.3 Å². The van der Waals surface area contributed by atoms with Gasteiger partial charge in [-0.1, -0.05) is 26.3 Å². The maximum Gasteiger partial charge on any atom is 0.257 e. The maximum atomic E-state index is 13.5. The highest BCUT2D eigenvalue weighted by molar-refractivity contribution is 7.13. The Morgan fingerprint density at radius 1 is 1.09 bits per heavy atom. The highest BCUT2D eigenvalue weighted by Gasteiger charge is 2.31. The van der Waals surface area contributed by atoms with Crippen molar-refractivity contribution >= 4 is 17.2 Å². The predicted octanol–water partition coefficient (Wildman–Crippen LogP) is 4.60. The zero-order valence-electron chi connectivity index (χ0n) is 19.5. The van der Waals surface area contributed by atoms with Gasteiger partial charge < -0.3 is 9.80 Å². The highest BCUT2D eigenvalue weighted by atomic mass is 32.1. The number of rotatable bonds is 5. The van der Waals surface area contributed by atoms with Crippen molar-refractivity contribution in [1.82, 2.24) is 29.5 Å². The van der Waals surface area contributed by atoms with Crippen LogP contribution in [0.15, 0.2) is 36.0 Å². The number of aromatic nitrogens is 4. The fraction of sp³-hybridized carbons (Fsp3) is 0.520. The molecule has 3 aromatic rings. The normalized spacial score (nSPS) is 18.2. The number of hydrogen-bond acceptors (Lipinski definition) is 6. The van der Waals surface area contributed by atoms with Crippen LogP contribution in [0.1, 0.15) is 67.9 Å². The van der Waals surface area contributed by atoms with E-state index in [1.54, 1.807) is 28.4 Å². The molecule has 0 aromatic carbocycles. The molecular formula is C25H32N6OS. The minimum Gasteiger partial charge on any atom is -0.338 e. The summed E-state index contributed by atoms with van der Waals surface area (Å²) in [6.45, 7) is 8.24. The molecule has 3 aromatic heterocycles. The Labute approximate surface area is 199 Å². The molecular weight excluding hydrogens is 432 g/mol. The van der Waals surface area contributed by atoms with Crippen LogP contribution < -0.4 is 0 Å². The predicted molar refractivity (Wildman–Crippen MR) is 131 cm³/mol. The van der Waals surface area contributed by atoms with Crippen LogP contribution >= 0.6 is 11.3 Å². The number of piperidine rings is 2. The molecule has 5 rings (SSSR count). The number of carbonyl (C=O) groups excluding carboxylic acids is 1.